The van der Waals surface area contributed by atoms with Crippen molar-refractivity contribution in [3.05, 3.63) is 46.0 Å². The van der Waals surface area contributed by atoms with Gasteiger partial charge >= 0.3 is 0 Å². The minimum absolute atomic E-state index is 0.745. The number of aromatic amines is 1. The Morgan fingerprint density at radius 2 is 2.29 bits per heavy atom. The third-order valence-corrected chi connectivity index (χ3v) is 5.72. The van der Waals surface area contributed by atoms with Crippen LogP contribution in [-0.2, 0) is 13.1 Å². The summed E-state index contributed by atoms with van der Waals surface area (Å²) < 4.78 is 0. The van der Waals surface area contributed by atoms with Crippen molar-refractivity contribution < 1.29 is 0 Å². The average molecular weight is 341 g/mol. The Bertz CT molecular complexity index is 802. The van der Waals surface area contributed by atoms with Crippen molar-refractivity contribution in [1.29, 1.82) is 0 Å². The second-order valence-corrected chi connectivity index (χ2v) is 7.62. The molecule has 4 rings (SSSR count). The van der Waals surface area contributed by atoms with E-state index in [1.165, 1.54) is 27.9 Å². The van der Waals surface area contributed by atoms with Crippen molar-refractivity contribution in [2.24, 2.45) is 5.92 Å². The van der Waals surface area contributed by atoms with Crippen molar-refractivity contribution in [3.8, 4) is 0 Å². The molecule has 1 aliphatic heterocycles. The molecule has 0 bridgehead atoms. The summed E-state index contributed by atoms with van der Waals surface area (Å²) in [5.41, 5.74) is 5.57. The van der Waals surface area contributed by atoms with Crippen LogP contribution in [-0.4, -0.2) is 39.7 Å². The third kappa shape index (κ3) is 3.50. The van der Waals surface area contributed by atoms with Gasteiger partial charge in [0.2, 0.25) is 0 Å². The highest BCUT2D eigenvalue weighted by molar-refractivity contribution is 7.09. The maximum atomic E-state index is 4.41. The summed E-state index contributed by atoms with van der Waals surface area (Å²) in [6.07, 6.45) is 3.15. The maximum absolute atomic E-state index is 4.41. The van der Waals surface area contributed by atoms with Crippen LogP contribution in [0.4, 0.5) is 0 Å². The van der Waals surface area contributed by atoms with Gasteiger partial charge in [-0.1, -0.05) is 12.1 Å². The van der Waals surface area contributed by atoms with Gasteiger partial charge in [-0.2, -0.15) is 5.10 Å². The largest absolute Gasteiger partial charge is 0.316 e. The highest BCUT2D eigenvalue weighted by Crippen LogP contribution is 2.21. The van der Waals surface area contributed by atoms with E-state index in [1.807, 2.05) is 11.7 Å². The third-order valence-electron chi connectivity index (χ3n) is 4.80. The van der Waals surface area contributed by atoms with Crippen molar-refractivity contribution in [2.75, 3.05) is 19.6 Å². The van der Waals surface area contributed by atoms with Gasteiger partial charge in [0.1, 0.15) is 0 Å². The Labute approximate surface area is 146 Å². The number of rotatable bonds is 6. The molecule has 1 unspecified atom stereocenters. The van der Waals surface area contributed by atoms with E-state index in [-0.39, 0.29) is 0 Å². The van der Waals surface area contributed by atoms with Gasteiger partial charge in [-0.3, -0.25) is 10.00 Å². The maximum Gasteiger partial charge on any atom is 0.0798 e. The Kier molecular flexibility index (Phi) is 4.60. The highest BCUT2D eigenvalue weighted by Gasteiger charge is 2.19. The number of fused-ring (bicyclic) bond motifs is 1. The SMILES string of the molecule is Cc1ncsc1CN(Cc1ccc2cn[nH]c2c1)CC1CCNC1. The number of aryl methyl sites for hydroxylation is 1. The van der Waals surface area contributed by atoms with Crippen LogP contribution in [0.1, 0.15) is 22.6 Å². The lowest BCUT2D eigenvalue weighted by Crippen LogP contribution is -2.30. The van der Waals surface area contributed by atoms with Gasteiger partial charge in [-0.05, 0) is 44.0 Å². The van der Waals surface area contributed by atoms with Gasteiger partial charge in [-0.25, -0.2) is 4.98 Å². The summed E-state index contributed by atoms with van der Waals surface area (Å²) in [4.78, 5) is 8.35. The highest BCUT2D eigenvalue weighted by atomic mass is 32.1. The molecule has 24 heavy (non-hydrogen) atoms. The Balaban J connectivity index is 1.52. The molecule has 2 N–H and O–H groups in total. The predicted octanol–water partition coefficient (Wildman–Crippen LogP) is 2.94. The molecule has 1 aliphatic rings. The standard InChI is InChI=1S/C18H23N5S/c1-13-18(24-12-20-13)11-23(10-15-4-5-19-7-15)9-14-2-3-16-8-21-22-17(16)6-14/h2-3,6,8,12,15,19H,4-5,7,9-11H2,1H3,(H,21,22). The molecule has 0 saturated carbocycles. The summed E-state index contributed by atoms with van der Waals surface area (Å²) in [6, 6.07) is 6.60. The second kappa shape index (κ2) is 7.01. The number of hydrogen-bond acceptors (Lipinski definition) is 5. The molecule has 3 aromatic rings. The smallest absolute Gasteiger partial charge is 0.0798 e. The van der Waals surface area contributed by atoms with Gasteiger partial charge in [0.15, 0.2) is 0 Å². The first-order valence-electron chi connectivity index (χ1n) is 8.52. The number of H-pyrrole nitrogens is 1. The molecule has 0 radical (unpaired) electrons. The number of nitrogens with one attached hydrogen (secondary N) is 2. The number of aromatic nitrogens is 3. The van der Waals surface area contributed by atoms with Gasteiger partial charge in [0, 0.05) is 29.9 Å². The van der Waals surface area contributed by atoms with Crippen LogP contribution in [0.2, 0.25) is 0 Å². The summed E-state index contributed by atoms with van der Waals surface area (Å²) in [6.45, 7) is 7.47. The zero-order valence-corrected chi connectivity index (χ0v) is 14.8. The first-order chi connectivity index (χ1) is 11.8. The summed E-state index contributed by atoms with van der Waals surface area (Å²) in [5, 5.41) is 11.9. The monoisotopic (exact) mass is 341 g/mol. The number of hydrogen-bond donors (Lipinski definition) is 2. The number of benzene rings is 1. The fourth-order valence-corrected chi connectivity index (χ4v) is 4.26. The van der Waals surface area contributed by atoms with E-state index in [0.29, 0.717) is 0 Å². The van der Waals surface area contributed by atoms with Gasteiger partial charge < -0.3 is 5.32 Å². The second-order valence-electron chi connectivity index (χ2n) is 6.68. The molecule has 2 aromatic heterocycles. The summed E-state index contributed by atoms with van der Waals surface area (Å²) in [7, 11) is 0. The molecule has 0 spiro atoms. The quantitative estimate of drug-likeness (QED) is 0.724. The topological polar surface area (TPSA) is 56.8 Å². The van der Waals surface area contributed by atoms with Crippen LogP contribution in [0.5, 0.6) is 0 Å². The normalized spacial score (nSPS) is 18.0. The molecule has 1 atom stereocenters. The lowest BCUT2D eigenvalue weighted by molar-refractivity contribution is 0.222. The molecule has 1 aromatic carbocycles. The van der Waals surface area contributed by atoms with E-state index in [4.69, 9.17) is 0 Å². The van der Waals surface area contributed by atoms with E-state index in [2.05, 4.69) is 50.5 Å². The molecular formula is C18H23N5S. The zero-order valence-electron chi connectivity index (χ0n) is 14.0. The van der Waals surface area contributed by atoms with Crippen LogP contribution in [0, 0.1) is 12.8 Å². The Morgan fingerprint density at radius 1 is 1.33 bits per heavy atom. The van der Waals surface area contributed by atoms with Gasteiger partial charge in [0.05, 0.1) is 22.9 Å². The summed E-state index contributed by atoms with van der Waals surface area (Å²) >= 11 is 1.77. The summed E-state index contributed by atoms with van der Waals surface area (Å²) in [5.74, 6) is 0.745. The van der Waals surface area contributed by atoms with E-state index >= 15 is 0 Å². The average Bonchev–Trinajstić information content (AvgIpc) is 3.30. The van der Waals surface area contributed by atoms with Gasteiger partial charge in [0.25, 0.3) is 0 Å². The molecule has 0 aliphatic carbocycles. The molecule has 3 heterocycles. The number of nitrogens with zero attached hydrogens (tertiary/aromatic N) is 3. The van der Waals surface area contributed by atoms with E-state index in [1.54, 1.807) is 11.3 Å². The molecule has 126 valence electrons. The number of thiazole rings is 1. The van der Waals surface area contributed by atoms with Crippen LogP contribution in [0.3, 0.4) is 0 Å². The van der Waals surface area contributed by atoms with Gasteiger partial charge in [-0.15, -0.1) is 11.3 Å². The minimum atomic E-state index is 0.745. The lowest BCUT2D eigenvalue weighted by Gasteiger charge is -2.25. The molecule has 6 heteroatoms. The van der Waals surface area contributed by atoms with E-state index in [0.717, 1.165) is 44.2 Å². The van der Waals surface area contributed by atoms with Crippen molar-refractivity contribution in [3.63, 3.8) is 0 Å². The van der Waals surface area contributed by atoms with Crippen molar-refractivity contribution >= 4 is 22.2 Å². The van der Waals surface area contributed by atoms with Crippen LogP contribution < -0.4 is 5.32 Å². The molecule has 0 amide bonds. The molecule has 5 nitrogen and oxygen atoms in total. The van der Waals surface area contributed by atoms with E-state index < -0.39 is 0 Å². The van der Waals surface area contributed by atoms with Crippen LogP contribution in [0.25, 0.3) is 10.9 Å². The van der Waals surface area contributed by atoms with Crippen LogP contribution in [0.15, 0.2) is 29.9 Å². The molecular weight excluding hydrogens is 318 g/mol. The molecule has 1 saturated heterocycles. The minimum Gasteiger partial charge on any atom is -0.316 e. The fraction of sp³-hybridized carbons (Fsp3) is 0.444. The first-order valence-corrected chi connectivity index (χ1v) is 9.40. The lowest BCUT2D eigenvalue weighted by atomic mass is 10.1. The van der Waals surface area contributed by atoms with Crippen LogP contribution >= 0.6 is 11.3 Å². The Hall–Kier alpha value is -1.76. The first kappa shape index (κ1) is 15.7. The van der Waals surface area contributed by atoms with Crippen molar-refractivity contribution in [2.45, 2.75) is 26.4 Å². The van der Waals surface area contributed by atoms with E-state index in [9.17, 15) is 0 Å². The predicted molar refractivity (Wildman–Crippen MR) is 98.0 cm³/mol. The van der Waals surface area contributed by atoms with Crippen molar-refractivity contribution in [1.82, 2.24) is 25.4 Å². The fourth-order valence-electron chi connectivity index (χ4n) is 3.44. The Morgan fingerprint density at radius 3 is 3.08 bits per heavy atom. The zero-order chi connectivity index (χ0) is 16.4. The molecule has 1 fully saturated rings.